The number of hydrogen-bond donors (Lipinski definition) is 0. The summed E-state index contributed by atoms with van der Waals surface area (Å²) in [6.45, 7) is 0.582. The zero-order valence-corrected chi connectivity index (χ0v) is 13.0. The van der Waals surface area contributed by atoms with Crippen LogP contribution in [0.4, 0.5) is 5.82 Å². The third kappa shape index (κ3) is 2.52. The van der Waals surface area contributed by atoms with Crippen LogP contribution in [0.1, 0.15) is 28.8 Å². The molecule has 1 aliphatic carbocycles. The molecule has 3 aromatic rings. The zero-order chi connectivity index (χ0) is 14.8. The Kier molecular flexibility index (Phi) is 3.64. The average molecular weight is 308 g/mol. The van der Waals surface area contributed by atoms with Gasteiger partial charge >= 0.3 is 0 Å². The molecule has 4 nitrogen and oxygen atoms in total. The molecule has 4 rings (SSSR count). The molecule has 110 valence electrons. The molecule has 2 aromatic heterocycles. The molecule has 0 saturated heterocycles. The summed E-state index contributed by atoms with van der Waals surface area (Å²) in [5.74, 6) is 0.723. The number of rotatable bonds is 3. The SMILES string of the molecule is c1ccc(CN=Nc2ncnc3sc4c(c23)CCCC4)cc1. The second-order valence-corrected chi connectivity index (χ2v) is 6.56. The van der Waals surface area contributed by atoms with Crippen molar-refractivity contribution < 1.29 is 0 Å². The van der Waals surface area contributed by atoms with Crippen molar-refractivity contribution in [2.75, 3.05) is 0 Å². The van der Waals surface area contributed by atoms with Crippen LogP contribution in [0.5, 0.6) is 0 Å². The molecule has 0 bridgehead atoms. The Morgan fingerprint density at radius 2 is 1.91 bits per heavy atom. The monoisotopic (exact) mass is 308 g/mol. The second kappa shape index (κ2) is 5.93. The predicted molar refractivity (Wildman–Crippen MR) is 88.7 cm³/mol. The Bertz CT molecular complexity index is 823. The minimum Gasteiger partial charge on any atom is -0.225 e. The van der Waals surface area contributed by atoms with E-state index in [2.05, 4.69) is 32.3 Å². The Labute approximate surface area is 133 Å². The van der Waals surface area contributed by atoms with Crippen molar-refractivity contribution >= 4 is 27.4 Å². The number of azo groups is 1. The summed E-state index contributed by atoms with van der Waals surface area (Å²) < 4.78 is 0. The third-order valence-electron chi connectivity index (χ3n) is 3.99. The van der Waals surface area contributed by atoms with E-state index >= 15 is 0 Å². The van der Waals surface area contributed by atoms with Crippen LogP contribution >= 0.6 is 11.3 Å². The predicted octanol–water partition coefficient (Wildman–Crippen LogP) is 4.85. The quantitative estimate of drug-likeness (QED) is 0.649. The van der Waals surface area contributed by atoms with E-state index in [1.54, 1.807) is 17.7 Å². The van der Waals surface area contributed by atoms with Crippen molar-refractivity contribution in [1.82, 2.24) is 9.97 Å². The van der Waals surface area contributed by atoms with E-state index in [1.807, 2.05) is 18.2 Å². The van der Waals surface area contributed by atoms with E-state index in [-0.39, 0.29) is 0 Å². The van der Waals surface area contributed by atoms with Crippen LogP contribution in [0.2, 0.25) is 0 Å². The standard InChI is InChI=1S/C17H16N4S/c1-2-6-12(7-3-1)10-20-21-16-15-13-8-4-5-9-14(13)22-17(15)19-11-18-16/h1-3,6-7,11H,4-5,8-10H2. The molecule has 0 fully saturated rings. The van der Waals surface area contributed by atoms with E-state index in [1.165, 1.54) is 23.3 Å². The fourth-order valence-electron chi connectivity index (χ4n) is 2.92. The van der Waals surface area contributed by atoms with Gasteiger partial charge in [0.15, 0.2) is 5.82 Å². The largest absolute Gasteiger partial charge is 0.225 e. The Hall–Kier alpha value is -2.14. The average Bonchev–Trinajstić information content (AvgIpc) is 2.95. The highest BCUT2D eigenvalue weighted by Gasteiger charge is 2.19. The van der Waals surface area contributed by atoms with Crippen LogP contribution in [0, 0.1) is 0 Å². The molecule has 22 heavy (non-hydrogen) atoms. The van der Waals surface area contributed by atoms with Gasteiger partial charge in [-0.1, -0.05) is 30.3 Å². The maximum Gasteiger partial charge on any atom is 0.186 e. The number of benzene rings is 1. The summed E-state index contributed by atoms with van der Waals surface area (Å²) in [5, 5.41) is 9.84. The summed E-state index contributed by atoms with van der Waals surface area (Å²) >= 11 is 1.79. The van der Waals surface area contributed by atoms with Gasteiger partial charge in [-0.15, -0.1) is 16.5 Å². The number of hydrogen-bond acceptors (Lipinski definition) is 5. The molecule has 0 aliphatic heterocycles. The van der Waals surface area contributed by atoms with E-state index in [0.29, 0.717) is 6.54 Å². The summed E-state index contributed by atoms with van der Waals surface area (Å²) in [6, 6.07) is 10.2. The molecular formula is C17H16N4S. The van der Waals surface area contributed by atoms with Gasteiger partial charge in [-0.3, -0.25) is 0 Å². The van der Waals surface area contributed by atoms with Gasteiger partial charge < -0.3 is 0 Å². The summed E-state index contributed by atoms with van der Waals surface area (Å²) in [5.41, 5.74) is 2.56. The van der Waals surface area contributed by atoms with Gasteiger partial charge in [-0.2, -0.15) is 5.11 Å². The van der Waals surface area contributed by atoms with E-state index in [4.69, 9.17) is 0 Å². The molecule has 2 heterocycles. The molecule has 0 unspecified atom stereocenters. The van der Waals surface area contributed by atoms with Crippen molar-refractivity contribution in [3.05, 3.63) is 52.7 Å². The highest BCUT2D eigenvalue weighted by molar-refractivity contribution is 7.18. The molecular weight excluding hydrogens is 292 g/mol. The van der Waals surface area contributed by atoms with Crippen molar-refractivity contribution in [3.8, 4) is 0 Å². The lowest BCUT2D eigenvalue weighted by molar-refractivity contribution is 0.700. The number of aromatic nitrogens is 2. The van der Waals surface area contributed by atoms with E-state index < -0.39 is 0 Å². The molecule has 0 saturated carbocycles. The lowest BCUT2D eigenvalue weighted by atomic mass is 9.97. The van der Waals surface area contributed by atoms with Crippen molar-refractivity contribution in [2.45, 2.75) is 32.2 Å². The van der Waals surface area contributed by atoms with Crippen LogP contribution in [-0.4, -0.2) is 9.97 Å². The van der Waals surface area contributed by atoms with Crippen molar-refractivity contribution in [3.63, 3.8) is 0 Å². The molecule has 1 aliphatic rings. The first-order valence-electron chi connectivity index (χ1n) is 7.58. The smallest absolute Gasteiger partial charge is 0.186 e. The number of thiophene rings is 1. The van der Waals surface area contributed by atoms with Crippen molar-refractivity contribution in [1.29, 1.82) is 0 Å². The van der Waals surface area contributed by atoms with Crippen LogP contribution in [-0.2, 0) is 19.4 Å². The first-order valence-corrected chi connectivity index (χ1v) is 8.40. The summed E-state index contributed by atoms with van der Waals surface area (Å²) in [6.07, 6.45) is 6.40. The first-order chi connectivity index (χ1) is 10.9. The molecule has 0 spiro atoms. The maximum atomic E-state index is 4.42. The topological polar surface area (TPSA) is 50.5 Å². The van der Waals surface area contributed by atoms with E-state index in [0.717, 1.165) is 34.4 Å². The normalized spacial score (nSPS) is 14.5. The Morgan fingerprint density at radius 3 is 2.82 bits per heavy atom. The lowest BCUT2D eigenvalue weighted by Gasteiger charge is -2.10. The maximum absolute atomic E-state index is 4.42. The van der Waals surface area contributed by atoms with Gasteiger partial charge in [0.1, 0.15) is 11.2 Å². The second-order valence-electron chi connectivity index (χ2n) is 5.47. The van der Waals surface area contributed by atoms with Gasteiger partial charge in [0, 0.05) is 4.88 Å². The molecule has 0 radical (unpaired) electrons. The van der Waals surface area contributed by atoms with Crippen LogP contribution in [0.15, 0.2) is 46.9 Å². The van der Waals surface area contributed by atoms with E-state index in [9.17, 15) is 0 Å². The summed E-state index contributed by atoms with van der Waals surface area (Å²) in [4.78, 5) is 11.3. The van der Waals surface area contributed by atoms with Crippen LogP contribution < -0.4 is 0 Å². The number of aryl methyl sites for hydroxylation is 2. The molecule has 0 N–H and O–H groups in total. The van der Waals surface area contributed by atoms with Gasteiger partial charge in [-0.05, 0) is 36.8 Å². The fraction of sp³-hybridized carbons (Fsp3) is 0.294. The summed E-state index contributed by atoms with van der Waals surface area (Å²) in [7, 11) is 0. The minimum absolute atomic E-state index is 0.582. The third-order valence-corrected chi connectivity index (χ3v) is 5.19. The van der Waals surface area contributed by atoms with Gasteiger partial charge in [0.25, 0.3) is 0 Å². The molecule has 0 atom stereocenters. The highest BCUT2D eigenvalue weighted by atomic mass is 32.1. The zero-order valence-electron chi connectivity index (χ0n) is 12.2. The molecule has 0 amide bonds. The molecule has 5 heteroatoms. The number of nitrogens with zero attached hydrogens (tertiary/aromatic N) is 4. The minimum atomic E-state index is 0.582. The highest BCUT2D eigenvalue weighted by Crippen LogP contribution is 2.39. The first kappa shape index (κ1) is 13.5. The lowest BCUT2D eigenvalue weighted by Crippen LogP contribution is -1.98. The van der Waals surface area contributed by atoms with Gasteiger partial charge in [0.05, 0.1) is 11.9 Å². The Morgan fingerprint density at radius 1 is 1.05 bits per heavy atom. The number of fused-ring (bicyclic) bond motifs is 3. The molecule has 1 aromatic carbocycles. The van der Waals surface area contributed by atoms with Gasteiger partial charge in [-0.25, -0.2) is 9.97 Å². The van der Waals surface area contributed by atoms with Gasteiger partial charge in [0.2, 0.25) is 0 Å². The fourth-order valence-corrected chi connectivity index (χ4v) is 4.14. The van der Waals surface area contributed by atoms with Crippen LogP contribution in [0.3, 0.4) is 0 Å². The Balaban J connectivity index is 1.68. The van der Waals surface area contributed by atoms with Crippen LogP contribution in [0.25, 0.3) is 10.2 Å². The van der Waals surface area contributed by atoms with Crippen molar-refractivity contribution in [2.24, 2.45) is 10.2 Å².